The average molecular weight is 576 g/mol. The zero-order chi connectivity index (χ0) is 23.3. The number of aryl methyl sites for hydroxylation is 1. The Morgan fingerprint density at radius 3 is 2.59 bits per heavy atom. The van der Waals surface area contributed by atoms with E-state index in [1.807, 2.05) is 12.1 Å². The first kappa shape index (κ1) is 22.9. The van der Waals surface area contributed by atoms with Crippen LogP contribution in [0.5, 0.6) is 11.5 Å². The molecule has 3 N–H and O–H groups in total. The number of imidazole rings is 1. The maximum atomic E-state index is 13.9. The summed E-state index contributed by atoms with van der Waals surface area (Å²) in [4.78, 5) is 11.9. The minimum Gasteiger partial charge on any atom is -0.454 e. The number of sulfonamides is 1. The molecule has 1 aromatic carbocycles. The van der Waals surface area contributed by atoms with Crippen LogP contribution in [-0.2, 0) is 23.0 Å². The summed E-state index contributed by atoms with van der Waals surface area (Å²) >= 11 is 2.18. The van der Waals surface area contributed by atoms with E-state index in [2.05, 4.69) is 42.3 Å². The van der Waals surface area contributed by atoms with Gasteiger partial charge in [0.2, 0.25) is 16.8 Å². The molecule has 1 aliphatic heterocycles. The number of halogens is 2. The molecule has 2 aromatic heterocycles. The van der Waals surface area contributed by atoms with Crippen LogP contribution in [0.25, 0.3) is 11.2 Å². The summed E-state index contributed by atoms with van der Waals surface area (Å²) < 4.78 is 55.0. The molecule has 13 heteroatoms. The van der Waals surface area contributed by atoms with Crippen molar-refractivity contribution in [3.05, 3.63) is 33.2 Å². The smallest absolute Gasteiger partial charge is 0.312 e. The highest BCUT2D eigenvalue weighted by Gasteiger charge is 2.24. The largest absolute Gasteiger partial charge is 0.454 e. The second-order valence-electron chi connectivity index (χ2n) is 8.37. The first-order valence-electron chi connectivity index (χ1n) is 9.70. The lowest BCUT2D eigenvalue weighted by atomic mass is 10.1. The third-order valence-corrected chi connectivity index (χ3v) is 7.26. The number of nitrogen functional groups attached to an aromatic ring is 1. The first-order valence-corrected chi connectivity index (χ1v) is 12.4. The van der Waals surface area contributed by atoms with E-state index in [9.17, 15) is 12.8 Å². The third kappa shape index (κ3) is 4.88. The normalized spacial score (nSPS) is 13.8. The molecular formula is C19H22FIN6O4S. The van der Waals surface area contributed by atoms with Crippen molar-refractivity contribution in [3.8, 4) is 11.5 Å². The first-order chi connectivity index (χ1) is 14.9. The lowest BCUT2D eigenvalue weighted by molar-refractivity contribution is 0.174. The average Bonchev–Trinajstić information content (AvgIpc) is 3.22. The molecule has 0 spiro atoms. The zero-order valence-corrected chi connectivity index (χ0v) is 20.6. The summed E-state index contributed by atoms with van der Waals surface area (Å²) in [5.74, 6) is 1.40. The molecule has 3 heterocycles. The number of anilines is 1. The van der Waals surface area contributed by atoms with Gasteiger partial charge in [-0.25, -0.2) is 18.1 Å². The highest BCUT2D eigenvalue weighted by molar-refractivity contribution is 14.1. The number of hydrogen-bond acceptors (Lipinski definition) is 8. The van der Waals surface area contributed by atoms with E-state index in [1.165, 1.54) is 0 Å². The van der Waals surface area contributed by atoms with Crippen LogP contribution in [0.1, 0.15) is 32.2 Å². The van der Waals surface area contributed by atoms with Crippen molar-refractivity contribution in [2.75, 3.05) is 18.3 Å². The van der Waals surface area contributed by atoms with Gasteiger partial charge in [-0.05, 0) is 61.1 Å². The van der Waals surface area contributed by atoms with Gasteiger partial charge in [0.15, 0.2) is 28.5 Å². The van der Waals surface area contributed by atoms with Gasteiger partial charge in [-0.1, -0.05) is 0 Å². The van der Waals surface area contributed by atoms with Gasteiger partial charge in [0, 0.05) is 22.1 Å². The van der Waals surface area contributed by atoms with Crippen LogP contribution in [0.15, 0.2) is 12.1 Å². The number of nitrogens with one attached hydrogen (secondary N) is 1. The molecule has 1 aliphatic rings. The van der Waals surface area contributed by atoms with Crippen molar-refractivity contribution >= 4 is 49.6 Å². The molecule has 0 atom stereocenters. The molecule has 172 valence electrons. The predicted octanol–water partition coefficient (Wildman–Crippen LogP) is 2.19. The van der Waals surface area contributed by atoms with Crippen LogP contribution in [0.2, 0.25) is 0 Å². The molecule has 0 aliphatic carbocycles. The minimum absolute atomic E-state index is 0.00821. The number of nitrogens with two attached hydrogens (primary N) is 1. The molecular weight excluding hydrogens is 554 g/mol. The van der Waals surface area contributed by atoms with E-state index in [1.54, 1.807) is 25.3 Å². The van der Waals surface area contributed by atoms with E-state index >= 15 is 0 Å². The maximum Gasteiger partial charge on any atom is 0.312 e. The number of ether oxygens (including phenoxy) is 2. The van der Waals surface area contributed by atoms with Crippen molar-refractivity contribution < 1.29 is 22.3 Å². The Bertz CT molecular complexity index is 1310. The predicted molar refractivity (Wildman–Crippen MR) is 124 cm³/mol. The van der Waals surface area contributed by atoms with Gasteiger partial charge in [0.1, 0.15) is 5.82 Å². The molecule has 10 nitrogen and oxygen atoms in total. The fourth-order valence-electron chi connectivity index (χ4n) is 3.40. The monoisotopic (exact) mass is 576 g/mol. The van der Waals surface area contributed by atoms with Crippen molar-refractivity contribution in [2.24, 2.45) is 0 Å². The number of hydrogen-bond donors (Lipinski definition) is 2. The van der Waals surface area contributed by atoms with Gasteiger partial charge in [-0.2, -0.15) is 14.4 Å². The van der Waals surface area contributed by atoms with Gasteiger partial charge < -0.3 is 19.8 Å². The SMILES string of the molecule is CC(C)(C)NS(=O)(=O)CCn1c(Cc2cc3c(cc2I)OCO3)nc2c(N)nc(F)nc21. The summed E-state index contributed by atoms with van der Waals surface area (Å²) in [5.41, 5.74) is 6.49. The molecule has 0 amide bonds. The van der Waals surface area contributed by atoms with E-state index in [0.717, 1.165) is 9.13 Å². The Hall–Kier alpha value is -2.26. The lowest BCUT2D eigenvalue weighted by Gasteiger charge is -2.20. The fourth-order valence-corrected chi connectivity index (χ4v) is 5.49. The molecule has 0 fully saturated rings. The Kier molecular flexibility index (Phi) is 5.92. The molecule has 0 bridgehead atoms. The Morgan fingerprint density at radius 1 is 1.22 bits per heavy atom. The molecule has 0 saturated heterocycles. The molecule has 0 unspecified atom stereocenters. The van der Waals surface area contributed by atoms with E-state index in [0.29, 0.717) is 23.7 Å². The van der Waals surface area contributed by atoms with Crippen molar-refractivity contribution in [2.45, 2.75) is 39.3 Å². The van der Waals surface area contributed by atoms with Gasteiger partial charge in [-0.15, -0.1) is 0 Å². The Balaban J connectivity index is 1.73. The van der Waals surface area contributed by atoms with Crippen molar-refractivity contribution in [1.82, 2.24) is 24.2 Å². The second kappa shape index (κ2) is 8.26. The molecule has 4 rings (SSSR count). The third-order valence-electron chi connectivity index (χ3n) is 4.61. The Morgan fingerprint density at radius 2 is 1.91 bits per heavy atom. The van der Waals surface area contributed by atoms with Gasteiger partial charge in [-0.3, -0.25) is 0 Å². The van der Waals surface area contributed by atoms with Gasteiger partial charge >= 0.3 is 6.08 Å². The molecule has 32 heavy (non-hydrogen) atoms. The maximum absolute atomic E-state index is 13.9. The van der Waals surface area contributed by atoms with Crippen LogP contribution >= 0.6 is 22.6 Å². The highest BCUT2D eigenvalue weighted by atomic mass is 127. The van der Waals surface area contributed by atoms with E-state index < -0.39 is 21.6 Å². The van der Waals surface area contributed by atoms with Crippen LogP contribution in [0.4, 0.5) is 10.2 Å². The zero-order valence-electron chi connectivity index (χ0n) is 17.6. The van der Waals surface area contributed by atoms with Crippen LogP contribution < -0.4 is 19.9 Å². The number of nitrogens with zero attached hydrogens (tertiary/aromatic N) is 4. The van der Waals surface area contributed by atoms with Crippen LogP contribution in [0.3, 0.4) is 0 Å². The standard InChI is InChI=1S/C19H22FIN6O4S/c1-19(2,3)26-32(28,29)5-4-27-14(23-15-16(22)24-18(20)25-17(15)27)7-10-6-12-13(8-11(10)21)31-9-30-12/h6,8,26H,4-5,7,9H2,1-3H3,(H2,22,24,25). The topological polar surface area (TPSA) is 134 Å². The number of rotatable bonds is 6. The van der Waals surface area contributed by atoms with Gasteiger partial charge in [0.25, 0.3) is 0 Å². The quantitative estimate of drug-likeness (QED) is 0.337. The highest BCUT2D eigenvalue weighted by Crippen LogP contribution is 2.36. The van der Waals surface area contributed by atoms with Crippen LogP contribution in [-0.4, -0.2) is 46.0 Å². The number of benzene rings is 1. The second-order valence-corrected chi connectivity index (χ2v) is 11.4. The molecule has 0 saturated carbocycles. The van der Waals surface area contributed by atoms with Gasteiger partial charge in [0.05, 0.1) is 5.75 Å². The summed E-state index contributed by atoms with van der Waals surface area (Å²) in [6.07, 6.45) is -0.685. The van der Waals surface area contributed by atoms with Crippen LogP contribution in [0, 0.1) is 9.65 Å². The van der Waals surface area contributed by atoms with Crippen molar-refractivity contribution in [3.63, 3.8) is 0 Å². The molecule has 3 aromatic rings. The van der Waals surface area contributed by atoms with Crippen molar-refractivity contribution in [1.29, 1.82) is 0 Å². The summed E-state index contributed by atoms with van der Waals surface area (Å²) in [7, 11) is -3.62. The number of fused-ring (bicyclic) bond motifs is 2. The summed E-state index contributed by atoms with van der Waals surface area (Å²) in [6.45, 7) is 5.43. The minimum atomic E-state index is -3.62. The van der Waals surface area contributed by atoms with E-state index in [-0.39, 0.29) is 36.1 Å². The Labute approximate surface area is 197 Å². The fraction of sp³-hybridized carbons (Fsp3) is 0.421. The lowest BCUT2D eigenvalue weighted by Crippen LogP contribution is -2.42. The summed E-state index contributed by atoms with van der Waals surface area (Å²) in [6, 6.07) is 3.71. The van der Waals surface area contributed by atoms with E-state index in [4.69, 9.17) is 15.2 Å². The number of aromatic nitrogens is 4. The molecule has 0 radical (unpaired) electrons. The summed E-state index contributed by atoms with van der Waals surface area (Å²) in [5, 5.41) is 0.